The third-order valence-electron chi connectivity index (χ3n) is 8.09. The lowest BCUT2D eigenvalue weighted by atomic mass is 9.84. The highest BCUT2D eigenvalue weighted by Crippen LogP contribution is 2.50. The lowest BCUT2D eigenvalue weighted by Gasteiger charge is -2.18. The summed E-state index contributed by atoms with van der Waals surface area (Å²) in [6.07, 6.45) is 0. The van der Waals surface area contributed by atoms with Crippen molar-refractivity contribution in [3.05, 3.63) is 182 Å². The van der Waals surface area contributed by atoms with Crippen molar-refractivity contribution in [2.75, 3.05) is 0 Å². The molecule has 1 nitrogen and oxygen atoms in total. The molecule has 0 saturated carbocycles. The fourth-order valence-electron chi connectivity index (χ4n) is 6.06. The summed E-state index contributed by atoms with van der Waals surface area (Å²) < 4.78 is 161. The van der Waals surface area contributed by atoms with Gasteiger partial charge >= 0.3 is 0 Å². The molecule has 0 radical (unpaired) electrons. The van der Waals surface area contributed by atoms with Gasteiger partial charge in [0.05, 0.1) is 23.3 Å². The minimum absolute atomic E-state index is 0.0101. The molecule has 0 aliphatic heterocycles. The first-order valence-corrected chi connectivity index (χ1v) is 14.7. The molecule has 0 aliphatic rings. The monoisotopic (exact) mass is 615 g/mol. The summed E-state index contributed by atoms with van der Waals surface area (Å²) in [6.45, 7) is 0. The highest BCUT2D eigenvalue weighted by molar-refractivity contribution is 6.25. The van der Waals surface area contributed by atoms with E-state index >= 15 is 0 Å². The quantitative estimate of drug-likeness (QED) is 0.176. The summed E-state index contributed by atoms with van der Waals surface area (Å²) >= 11 is 0. The normalized spacial score (nSPS) is 16.5. The van der Waals surface area contributed by atoms with Gasteiger partial charge in [-0.15, -0.1) is 0 Å². The molecule has 8 aromatic carbocycles. The van der Waals surface area contributed by atoms with Gasteiger partial charge in [-0.1, -0.05) is 182 Å². The molecule has 47 heavy (non-hydrogen) atoms. The first-order chi connectivity index (χ1) is 30.4. The molecule has 0 unspecified atom stereocenters. The lowest BCUT2D eigenvalue weighted by molar-refractivity contribution is 0.633. The van der Waals surface area contributed by atoms with Gasteiger partial charge in [-0.25, -0.2) is 0 Å². The lowest BCUT2D eigenvalue weighted by Crippen LogP contribution is -1.91. The van der Waals surface area contributed by atoms with E-state index in [1.807, 2.05) is 0 Å². The van der Waals surface area contributed by atoms with Crippen molar-refractivity contribution in [1.82, 2.24) is 0 Å². The Morgan fingerprint density at radius 3 is 1.49 bits per heavy atom. The molecule has 0 bridgehead atoms. The molecular formula is C46H30O. The Hall–Kier alpha value is -6.18. The maximum Gasteiger partial charge on any atom is 0.143 e. The number of benzene rings is 8. The second-order valence-electron chi connectivity index (χ2n) is 10.7. The Labute approximate surface area is 297 Å². The Bertz CT molecular complexity index is 3370. The zero-order valence-corrected chi connectivity index (χ0v) is 24.4. The van der Waals surface area contributed by atoms with Crippen molar-refractivity contribution in [3.8, 4) is 55.8 Å². The molecule has 9 aromatic rings. The van der Waals surface area contributed by atoms with Crippen molar-refractivity contribution in [2.24, 2.45) is 0 Å². The number of fused-ring (bicyclic) bond motifs is 3. The van der Waals surface area contributed by atoms with E-state index in [1.165, 1.54) is 0 Å². The van der Waals surface area contributed by atoms with Crippen LogP contribution in [0.2, 0.25) is 0 Å². The second-order valence-corrected chi connectivity index (χ2v) is 10.7. The van der Waals surface area contributed by atoms with Gasteiger partial charge in [-0.3, -0.25) is 0 Å². The third kappa shape index (κ3) is 4.56. The van der Waals surface area contributed by atoms with Gasteiger partial charge in [0.15, 0.2) is 0 Å². The predicted molar refractivity (Wildman–Crippen MR) is 198 cm³/mol. The summed E-state index contributed by atoms with van der Waals surface area (Å²) in [7, 11) is 0. The topological polar surface area (TPSA) is 13.1 Å². The van der Waals surface area contributed by atoms with Crippen molar-refractivity contribution < 1.29 is 27.7 Å². The van der Waals surface area contributed by atoms with Gasteiger partial charge in [0.25, 0.3) is 0 Å². The molecule has 0 atom stereocenters. The van der Waals surface area contributed by atoms with Crippen molar-refractivity contribution in [3.63, 3.8) is 0 Å². The zero-order chi connectivity index (χ0) is 46.0. The smallest absolute Gasteiger partial charge is 0.143 e. The van der Waals surface area contributed by atoms with E-state index in [9.17, 15) is 11.0 Å². The Morgan fingerprint density at radius 1 is 0.340 bits per heavy atom. The van der Waals surface area contributed by atoms with Crippen LogP contribution in [0.4, 0.5) is 0 Å². The van der Waals surface area contributed by atoms with Crippen molar-refractivity contribution in [2.45, 2.75) is 0 Å². The minimum Gasteiger partial charge on any atom is -0.455 e. The number of furan rings is 1. The van der Waals surface area contributed by atoms with Crippen LogP contribution >= 0.6 is 0 Å². The number of hydrogen-bond acceptors (Lipinski definition) is 1. The maximum absolute atomic E-state index is 9.54. The summed E-state index contributed by atoms with van der Waals surface area (Å²) in [5.41, 5.74) is -0.162. The minimum atomic E-state index is -0.804. The summed E-state index contributed by atoms with van der Waals surface area (Å²) in [5.74, 6) is -0.326. The Balaban J connectivity index is 1.62. The SMILES string of the molecule is [2H]c1c([2H])c([2H])c(-c2c3c([2H])c([2H])c([2H])c([2H])c3c(-c3c(-c4c([2H])c([2H])c(-c5ccccc5)c([2H])c4[2H])oc4c(-c5ccccc5)cccc34)c3c([2H])c([2H])c([2H])c([2H])c23)c([2H])c1[2H]. The van der Waals surface area contributed by atoms with Gasteiger partial charge in [0.2, 0.25) is 0 Å². The van der Waals surface area contributed by atoms with E-state index < -0.39 is 135 Å². The van der Waals surface area contributed by atoms with Crippen LogP contribution in [0.25, 0.3) is 88.3 Å². The molecule has 0 aliphatic carbocycles. The van der Waals surface area contributed by atoms with Crippen LogP contribution in [-0.2, 0) is 0 Å². The first-order valence-electron chi connectivity index (χ1n) is 23.2. The van der Waals surface area contributed by atoms with Gasteiger partial charge in [-0.05, 0) is 49.4 Å². The van der Waals surface area contributed by atoms with Gasteiger partial charge in [0.1, 0.15) is 11.3 Å². The van der Waals surface area contributed by atoms with Crippen LogP contribution in [-0.4, -0.2) is 0 Å². The van der Waals surface area contributed by atoms with Crippen LogP contribution in [0.3, 0.4) is 0 Å². The average molecular weight is 616 g/mol. The zero-order valence-electron chi connectivity index (χ0n) is 41.4. The highest BCUT2D eigenvalue weighted by Gasteiger charge is 2.25. The fraction of sp³-hybridized carbons (Fsp3) is 0. The van der Waals surface area contributed by atoms with Crippen LogP contribution < -0.4 is 0 Å². The molecule has 0 fully saturated rings. The predicted octanol–water partition coefficient (Wildman–Crippen LogP) is 13.1. The second kappa shape index (κ2) is 11.3. The molecular weight excluding hydrogens is 569 g/mol. The standard InChI is InChI=1S/C46H30O/c1-4-15-31(16-5-1)32-27-29-35(30-28-32)45-44(41-26-14-25-36(46(41)47-45)33-17-6-2-7-18-33)43-39-23-12-10-21-37(39)42(34-19-8-3-9-20-34)38-22-11-13-24-40(38)43/h1-30H/i3D,8D,9D,10D,11D,12D,13D,19D,20D,21D,22D,23D,24D,27D,28D,29D,30D. The largest absolute Gasteiger partial charge is 0.455 e. The van der Waals surface area contributed by atoms with Gasteiger partial charge in [-0.2, -0.15) is 0 Å². The summed E-state index contributed by atoms with van der Waals surface area (Å²) in [4.78, 5) is 0. The molecule has 0 spiro atoms. The van der Waals surface area contributed by atoms with E-state index in [4.69, 9.17) is 16.8 Å². The fourth-order valence-corrected chi connectivity index (χ4v) is 6.06. The third-order valence-corrected chi connectivity index (χ3v) is 8.09. The number of rotatable bonds is 5. The van der Waals surface area contributed by atoms with E-state index in [0.29, 0.717) is 16.7 Å². The van der Waals surface area contributed by atoms with Crippen molar-refractivity contribution in [1.29, 1.82) is 0 Å². The maximum atomic E-state index is 9.54. The summed E-state index contributed by atoms with van der Waals surface area (Å²) in [6, 6.07) is 10.3. The molecule has 9 rings (SSSR count). The van der Waals surface area contributed by atoms with E-state index in [2.05, 4.69) is 0 Å². The van der Waals surface area contributed by atoms with Gasteiger partial charge in [0, 0.05) is 27.6 Å². The molecule has 0 amide bonds. The molecule has 1 heterocycles. The molecule has 1 heteroatoms. The van der Waals surface area contributed by atoms with E-state index in [-0.39, 0.29) is 39.0 Å². The average Bonchev–Trinajstić information content (AvgIpc) is 3.68. The highest BCUT2D eigenvalue weighted by atomic mass is 16.3. The van der Waals surface area contributed by atoms with Crippen molar-refractivity contribution >= 4 is 32.5 Å². The molecule has 1 aromatic heterocycles. The van der Waals surface area contributed by atoms with Crippen LogP contribution in [0.5, 0.6) is 0 Å². The first kappa shape index (κ1) is 14.9. The number of para-hydroxylation sites is 1. The molecule has 0 saturated heterocycles. The van der Waals surface area contributed by atoms with Crippen LogP contribution in [0, 0.1) is 0 Å². The van der Waals surface area contributed by atoms with Crippen LogP contribution in [0.1, 0.15) is 23.3 Å². The van der Waals surface area contributed by atoms with Crippen LogP contribution in [0.15, 0.2) is 186 Å². The Kier molecular flexibility index (Phi) is 3.60. The number of hydrogen-bond donors (Lipinski definition) is 0. The van der Waals surface area contributed by atoms with E-state index in [0.717, 1.165) is 0 Å². The molecule has 0 N–H and O–H groups in total. The van der Waals surface area contributed by atoms with E-state index in [1.54, 1.807) is 78.9 Å². The Morgan fingerprint density at radius 2 is 0.872 bits per heavy atom. The van der Waals surface area contributed by atoms with Gasteiger partial charge < -0.3 is 4.42 Å². The summed E-state index contributed by atoms with van der Waals surface area (Å²) in [5, 5.41) is -1.49. The molecule has 220 valence electrons.